The zero-order valence-electron chi connectivity index (χ0n) is 8.99. The van der Waals surface area contributed by atoms with Crippen LogP contribution in [0, 0.1) is 0 Å². The highest BCUT2D eigenvalue weighted by molar-refractivity contribution is 7.13. The third-order valence-electron chi connectivity index (χ3n) is 2.45. The maximum atomic E-state index is 4.32. The van der Waals surface area contributed by atoms with E-state index in [1.165, 1.54) is 29.8 Å². The summed E-state index contributed by atoms with van der Waals surface area (Å²) < 4.78 is 0. The number of nitrogens with zero attached hydrogens (tertiary/aromatic N) is 1. The molecule has 0 aromatic carbocycles. The molecule has 15 heavy (non-hydrogen) atoms. The van der Waals surface area contributed by atoms with Crippen LogP contribution in [0.25, 0.3) is 10.6 Å². The molecule has 0 bridgehead atoms. The van der Waals surface area contributed by atoms with E-state index < -0.39 is 0 Å². The summed E-state index contributed by atoms with van der Waals surface area (Å²) in [4.78, 5) is 1.24. The van der Waals surface area contributed by atoms with Crippen LogP contribution in [0.4, 0.5) is 0 Å². The SMILES string of the molecule is CCCCCc1cc(-c2cccs2)n[nH]1. The van der Waals surface area contributed by atoms with E-state index in [-0.39, 0.29) is 0 Å². The fraction of sp³-hybridized carbons (Fsp3) is 0.417. The predicted molar refractivity (Wildman–Crippen MR) is 65.1 cm³/mol. The third-order valence-corrected chi connectivity index (χ3v) is 3.35. The highest BCUT2D eigenvalue weighted by Gasteiger charge is 2.03. The van der Waals surface area contributed by atoms with Gasteiger partial charge in [-0.2, -0.15) is 5.10 Å². The summed E-state index contributed by atoms with van der Waals surface area (Å²) in [6.45, 7) is 2.23. The van der Waals surface area contributed by atoms with Crippen molar-refractivity contribution >= 4 is 11.3 Å². The molecule has 1 N–H and O–H groups in total. The molecule has 0 amide bonds. The molecule has 0 aliphatic heterocycles. The van der Waals surface area contributed by atoms with Gasteiger partial charge in [-0.05, 0) is 30.4 Å². The Morgan fingerprint density at radius 1 is 1.40 bits per heavy atom. The van der Waals surface area contributed by atoms with Gasteiger partial charge < -0.3 is 0 Å². The van der Waals surface area contributed by atoms with Crippen molar-refractivity contribution in [3.63, 3.8) is 0 Å². The maximum absolute atomic E-state index is 4.32. The van der Waals surface area contributed by atoms with Crippen molar-refractivity contribution in [3.05, 3.63) is 29.3 Å². The van der Waals surface area contributed by atoms with Gasteiger partial charge in [0.25, 0.3) is 0 Å². The van der Waals surface area contributed by atoms with Crippen molar-refractivity contribution in [2.24, 2.45) is 0 Å². The van der Waals surface area contributed by atoms with Crippen molar-refractivity contribution in [2.75, 3.05) is 0 Å². The first kappa shape index (κ1) is 10.4. The largest absolute Gasteiger partial charge is 0.282 e. The van der Waals surface area contributed by atoms with E-state index in [4.69, 9.17) is 0 Å². The first-order chi connectivity index (χ1) is 7.40. The Morgan fingerprint density at radius 3 is 3.07 bits per heavy atom. The quantitative estimate of drug-likeness (QED) is 0.761. The van der Waals surface area contributed by atoms with Crippen LogP contribution in [0.3, 0.4) is 0 Å². The molecule has 3 heteroatoms. The third kappa shape index (κ3) is 2.69. The summed E-state index contributed by atoms with van der Waals surface area (Å²) in [5.41, 5.74) is 2.34. The van der Waals surface area contributed by atoms with E-state index in [1.54, 1.807) is 11.3 Å². The van der Waals surface area contributed by atoms with E-state index in [0.717, 1.165) is 12.1 Å². The number of hydrogen-bond donors (Lipinski definition) is 1. The van der Waals surface area contributed by atoms with Gasteiger partial charge in [0.15, 0.2) is 0 Å². The van der Waals surface area contributed by atoms with Gasteiger partial charge in [-0.25, -0.2) is 0 Å². The normalized spacial score (nSPS) is 10.7. The van der Waals surface area contributed by atoms with Crippen LogP contribution in [0.5, 0.6) is 0 Å². The average molecular weight is 220 g/mol. The van der Waals surface area contributed by atoms with Crippen LogP contribution in [0.1, 0.15) is 31.9 Å². The molecule has 0 saturated heterocycles. The van der Waals surface area contributed by atoms with Crippen molar-refractivity contribution in [3.8, 4) is 10.6 Å². The number of thiophene rings is 1. The Labute approximate surface area is 94.4 Å². The van der Waals surface area contributed by atoms with Crippen molar-refractivity contribution in [1.82, 2.24) is 10.2 Å². The molecule has 2 nitrogen and oxygen atoms in total. The van der Waals surface area contributed by atoms with Crippen molar-refractivity contribution in [2.45, 2.75) is 32.6 Å². The first-order valence-corrected chi connectivity index (χ1v) is 6.36. The van der Waals surface area contributed by atoms with Crippen molar-refractivity contribution in [1.29, 1.82) is 0 Å². The number of unbranched alkanes of at least 4 members (excludes halogenated alkanes) is 2. The molecule has 0 radical (unpaired) electrons. The topological polar surface area (TPSA) is 28.7 Å². The molecule has 0 unspecified atom stereocenters. The molecule has 2 aromatic heterocycles. The second kappa shape index (κ2) is 5.12. The summed E-state index contributed by atoms with van der Waals surface area (Å²) in [6, 6.07) is 6.34. The standard InChI is InChI=1S/C12H16N2S/c1-2-3-4-6-10-9-11(14-13-10)12-7-5-8-15-12/h5,7-9H,2-4,6H2,1H3,(H,13,14). The first-order valence-electron chi connectivity index (χ1n) is 5.48. The minimum atomic E-state index is 1.08. The number of aryl methyl sites for hydroxylation is 1. The van der Waals surface area contributed by atoms with Gasteiger partial charge in [0.05, 0.1) is 4.88 Å². The summed E-state index contributed by atoms with van der Waals surface area (Å²) >= 11 is 1.74. The van der Waals surface area contributed by atoms with Crippen LogP contribution in [0.2, 0.25) is 0 Å². The Hall–Kier alpha value is -1.09. The smallest absolute Gasteiger partial charge is 0.102 e. The second-order valence-corrected chi connectivity index (χ2v) is 4.66. The molecule has 0 spiro atoms. The van der Waals surface area contributed by atoms with E-state index in [9.17, 15) is 0 Å². The fourth-order valence-corrected chi connectivity index (χ4v) is 2.29. The van der Waals surface area contributed by atoms with E-state index in [1.807, 2.05) is 0 Å². The Balaban J connectivity index is 1.98. The highest BCUT2D eigenvalue weighted by Crippen LogP contribution is 2.23. The van der Waals surface area contributed by atoms with E-state index in [2.05, 4.69) is 40.7 Å². The summed E-state index contributed by atoms with van der Waals surface area (Å²) in [7, 11) is 0. The number of hydrogen-bond acceptors (Lipinski definition) is 2. The highest BCUT2D eigenvalue weighted by atomic mass is 32.1. The van der Waals surface area contributed by atoms with Gasteiger partial charge in [-0.3, -0.25) is 5.10 Å². The fourth-order valence-electron chi connectivity index (χ4n) is 1.61. The number of rotatable bonds is 5. The number of aromatic amines is 1. The van der Waals surface area contributed by atoms with Gasteiger partial charge in [-0.1, -0.05) is 25.8 Å². The van der Waals surface area contributed by atoms with Gasteiger partial charge in [0, 0.05) is 5.69 Å². The molecule has 2 heterocycles. The van der Waals surface area contributed by atoms with Crippen LogP contribution >= 0.6 is 11.3 Å². The lowest BCUT2D eigenvalue weighted by Crippen LogP contribution is -1.84. The van der Waals surface area contributed by atoms with Gasteiger partial charge >= 0.3 is 0 Å². The average Bonchev–Trinajstić information content (AvgIpc) is 2.87. The molecule has 80 valence electrons. The monoisotopic (exact) mass is 220 g/mol. The molecule has 0 atom stereocenters. The van der Waals surface area contributed by atoms with Crippen LogP contribution in [-0.4, -0.2) is 10.2 Å². The number of H-pyrrole nitrogens is 1. The van der Waals surface area contributed by atoms with Crippen LogP contribution < -0.4 is 0 Å². The predicted octanol–water partition coefficient (Wildman–Crippen LogP) is 3.87. The Kier molecular flexibility index (Phi) is 3.56. The van der Waals surface area contributed by atoms with E-state index >= 15 is 0 Å². The lowest BCUT2D eigenvalue weighted by Gasteiger charge is -1.93. The molecule has 0 aliphatic rings. The minimum Gasteiger partial charge on any atom is -0.282 e. The van der Waals surface area contributed by atoms with E-state index in [0.29, 0.717) is 0 Å². The molecule has 0 saturated carbocycles. The summed E-state index contributed by atoms with van der Waals surface area (Å²) in [6.07, 6.45) is 4.94. The lowest BCUT2D eigenvalue weighted by atomic mass is 10.1. The lowest BCUT2D eigenvalue weighted by molar-refractivity contribution is 0.705. The molecular formula is C12H16N2S. The van der Waals surface area contributed by atoms with Gasteiger partial charge in [0.1, 0.15) is 5.69 Å². The summed E-state index contributed by atoms with van der Waals surface area (Å²) in [5.74, 6) is 0. The molecular weight excluding hydrogens is 204 g/mol. The number of nitrogens with one attached hydrogen (secondary N) is 1. The van der Waals surface area contributed by atoms with Crippen molar-refractivity contribution < 1.29 is 0 Å². The molecule has 2 aromatic rings. The Morgan fingerprint density at radius 2 is 2.33 bits per heavy atom. The zero-order chi connectivity index (χ0) is 10.5. The van der Waals surface area contributed by atoms with Crippen LogP contribution in [-0.2, 0) is 6.42 Å². The zero-order valence-corrected chi connectivity index (χ0v) is 9.81. The van der Waals surface area contributed by atoms with Gasteiger partial charge in [-0.15, -0.1) is 11.3 Å². The molecule has 0 fully saturated rings. The molecule has 2 rings (SSSR count). The maximum Gasteiger partial charge on any atom is 0.102 e. The number of aromatic nitrogens is 2. The second-order valence-electron chi connectivity index (χ2n) is 3.71. The van der Waals surface area contributed by atoms with Gasteiger partial charge in [0.2, 0.25) is 0 Å². The Bertz CT molecular complexity index is 389. The summed E-state index contributed by atoms with van der Waals surface area (Å²) in [5, 5.41) is 9.52. The molecule has 0 aliphatic carbocycles. The minimum absolute atomic E-state index is 1.08. The van der Waals surface area contributed by atoms with Crippen LogP contribution in [0.15, 0.2) is 23.6 Å².